The van der Waals surface area contributed by atoms with Gasteiger partial charge in [-0.2, -0.15) is 0 Å². The monoisotopic (exact) mass is 600 g/mol. The van der Waals surface area contributed by atoms with Gasteiger partial charge in [0.05, 0.1) is 29.3 Å². The number of hydrogen-bond donors (Lipinski definition) is 1. The van der Waals surface area contributed by atoms with Crippen molar-refractivity contribution >= 4 is 44.6 Å². The number of likely N-dealkylation sites (tertiary alicyclic amines) is 1. The predicted molar refractivity (Wildman–Crippen MR) is 149 cm³/mol. The molecule has 11 nitrogen and oxygen atoms in total. The number of benzene rings is 1. The van der Waals surface area contributed by atoms with Crippen LogP contribution in [0, 0.1) is 12.7 Å². The molecule has 0 unspecified atom stereocenters. The minimum absolute atomic E-state index is 0.0725. The number of aromatic nitrogens is 4. The minimum Gasteiger partial charge on any atom is -0.444 e. The summed E-state index contributed by atoms with van der Waals surface area (Å²) in [6, 6.07) is 7.74. The summed E-state index contributed by atoms with van der Waals surface area (Å²) in [7, 11) is -4.03. The summed E-state index contributed by atoms with van der Waals surface area (Å²) < 4.78 is 53.8. The average molecular weight is 601 g/mol. The van der Waals surface area contributed by atoms with E-state index in [0.717, 1.165) is 15.7 Å². The third-order valence-corrected chi connectivity index (χ3v) is 8.95. The molecule has 14 heteroatoms. The lowest BCUT2D eigenvalue weighted by Crippen LogP contribution is -2.34. The molecule has 2 saturated heterocycles. The number of carbonyl (C=O) groups excluding carboxylic acids is 1. The molecule has 0 bridgehead atoms. The van der Waals surface area contributed by atoms with E-state index in [0.29, 0.717) is 50.1 Å². The van der Waals surface area contributed by atoms with E-state index in [4.69, 9.17) is 21.1 Å². The molecule has 2 atom stereocenters. The smallest absolute Gasteiger partial charge is 0.410 e. The average Bonchev–Trinajstić information content (AvgIpc) is 3.71. The zero-order chi connectivity index (χ0) is 28.7. The molecule has 3 aromatic heterocycles. The highest BCUT2D eigenvalue weighted by Crippen LogP contribution is 2.33. The van der Waals surface area contributed by atoms with Crippen LogP contribution in [0.5, 0.6) is 0 Å². The summed E-state index contributed by atoms with van der Waals surface area (Å²) in [5.41, 5.74) is 1.35. The molecule has 2 fully saturated rings. The van der Waals surface area contributed by atoms with E-state index in [1.54, 1.807) is 23.1 Å². The SMILES string of the molecule is Cc1ccc(S(=O)(=O)n2cc(-c3ncc(F)c(N[C@@H]4CCN(C(=O)O[C@H]5CCOC5)C4)n3)c3cc(Cl)cnc32)cc1. The summed E-state index contributed by atoms with van der Waals surface area (Å²) in [4.78, 5) is 27.0. The number of nitrogens with one attached hydrogen (secondary N) is 1. The highest BCUT2D eigenvalue weighted by atomic mass is 35.5. The van der Waals surface area contributed by atoms with Crippen LogP contribution in [0.4, 0.5) is 15.0 Å². The van der Waals surface area contributed by atoms with Crippen LogP contribution >= 0.6 is 11.6 Å². The lowest BCUT2D eigenvalue weighted by Gasteiger charge is -2.19. The Morgan fingerprint density at radius 1 is 1.20 bits per heavy atom. The van der Waals surface area contributed by atoms with Crippen molar-refractivity contribution in [1.29, 1.82) is 0 Å². The molecule has 41 heavy (non-hydrogen) atoms. The maximum absolute atomic E-state index is 14.9. The lowest BCUT2D eigenvalue weighted by atomic mass is 10.2. The van der Waals surface area contributed by atoms with Gasteiger partial charge in [0.1, 0.15) is 6.10 Å². The molecule has 6 rings (SSSR count). The van der Waals surface area contributed by atoms with Gasteiger partial charge < -0.3 is 19.7 Å². The van der Waals surface area contributed by atoms with Gasteiger partial charge in [0, 0.05) is 48.9 Å². The van der Waals surface area contributed by atoms with E-state index in [1.165, 1.54) is 24.5 Å². The van der Waals surface area contributed by atoms with Crippen molar-refractivity contribution in [2.75, 3.05) is 31.6 Å². The first kappa shape index (κ1) is 27.4. The number of nitrogens with zero attached hydrogens (tertiary/aromatic N) is 5. The van der Waals surface area contributed by atoms with E-state index in [1.807, 2.05) is 6.92 Å². The zero-order valence-corrected chi connectivity index (χ0v) is 23.5. The van der Waals surface area contributed by atoms with Gasteiger partial charge in [-0.1, -0.05) is 29.3 Å². The fourth-order valence-corrected chi connectivity index (χ4v) is 6.38. The van der Waals surface area contributed by atoms with Crippen LogP contribution in [-0.2, 0) is 19.5 Å². The third kappa shape index (κ3) is 5.44. The highest BCUT2D eigenvalue weighted by Gasteiger charge is 2.31. The maximum Gasteiger partial charge on any atom is 0.410 e. The molecule has 214 valence electrons. The summed E-state index contributed by atoms with van der Waals surface area (Å²) >= 11 is 6.21. The fourth-order valence-electron chi connectivity index (χ4n) is 4.90. The molecular weight excluding hydrogens is 575 g/mol. The van der Waals surface area contributed by atoms with E-state index in [9.17, 15) is 17.6 Å². The molecule has 4 aromatic rings. The largest absolute Gasteiger partial charge is 0.444 e. The van der Waals surface area contributed by atoms with Crippen molar-refractivity contribution in [3.05, 3.63) is 65.3 Å². The Labute approximate surface area is 240 Å². The van der Waals surface area contributed by atoms with Crippen LogP contribution in [-0.4, -0.2) is 76.8 Å². The van der Waals surface area contributed by atoms with Crippen molar-refractivity contribution < 1.29 is 27.1 Å². The molecule has 0 spiro atoms. The van der Waals surface area contributed by atoms with Gasteiger partial charge in [-0.25, -0.2) is 36.5 Å². The molecule has 2 aliphatic heterocycles. The van der Waals surface area contributed by atoms with Crippen molar-refractivity contribution in [3.8, 4) is 11.4 Å². The topological polar surface area (TPSA) is 129 Å². The third-order valence-electron chi connectivity index (χ3n) is 7.08. The number of pyridine rings is 1. The second kappa shape index (κ2) is 10.9. The number of rotatable bonds is 6. The number of hydrogen-bond acceptors (Lipinski definition) is 9. The maximum atomic E-state index is 14.9. The van der Waals surface area contributed by atoms with Crippen LogP contribution in [0.25, 0.3) is 22.4 Å². The van der Waals surface area contributed by atoms with E-state index in [2.05, 4.69) is 20.3 Å². The molecule has 0 radical (unpaired) electrons. The summed E-state index contributed by atoms with van der Waals surface area (Å²) in [6.45, 7) is 3.56. The number of anilines is 1. The van der Waals surface area contributed by atoms with Crippen LogP contribution in [0.2, 0.25) is 5.02 Å². The van der Waals surface area contributed by atoms with Crippen LogP contribution in [0.15, 0.2) is 53.8 Å². The van der Waals surface area contributed by atoms with Gasteiger partial charge in [0.2, 0.25) is 0 Å². The number of fused-ring (bicyclic) bond motifs is 1. The second-order valence-corrected chi connectivity index (χ2v) is 12.3. The predicted octanol–water partition coefficient (Wildman–Crippen LogP) is 4.24. The standard InChI is InChI=1S/C27H26ClFN6O5S/c1-16-2-4-20(5-3-16)41(37,38)35-14-22(21-10-17(28)11-31-26(21)35)24-30-12-23(29)25(33-24)32-18-6-8-34(13-18)27(36)40-19-7-9-39-15-19/h2-5,10-12,14,18-19H,6-9,13,15H2,1H3,(H,30,32,33)/t18-,19+/m1/s1. The summed E-state index contributed by atoms with van der Waals surface area (Å²) in [5, 5.41) is 3.73. The van der Waals surface area contributed by atoms with Gasteiger partial charge in [0.15, 0.2) is 23.1 Å². The highest BCUT2D eigenvalue weighted by molar-refractivity contribution is 7.90. The first-order chi connectivity index (χ1) is 19.7. The quantitative estimate of drug-likeness (QED) is 0.345. The molecule has 1 N–H and O–H groups in total. The van der Waals surface area contributed by atoms with E-state index < -0.39 is 21.9 Å². The first-order valence-electron chi connectivity index (χ1n) is 13.0. The number of aryl methyl sites for hydroxylation is 1. The Bertz CT molecular complexity index is 1730. The van der Waals surface area contributed by atoms with Gasteiger partial charge in [-0.15, -0.1) is 0 Å². The summed E-state index contributed by atoms with van der Waals surface area (Å²) in [5.74, 6) is -0.682. The Morgan fingerprint density at radius 2 is 2.00 bits per heavy atom. The molecule has 1 amide bonds. The van der Waals surface area contributed by atoms with Gasteiger partial charge in [-0.3, -0.25) is 0 Å². The van der Waals surface area contributed by atoms with Crippen LogP contribution in [0.1, 0.15) is 18.4 Å². The van der Waals surface area contributed by atoms with Crippen LogP contribution < -0.4 is 5.32 Å². The van der Waals surface area contributed by atoms with Gasteiger partial charge in [0.25, 0.3) is 10.0 Å². The molecule has 0 aliphatic carbocycles. The van der Waals surface area contributed by atoms with Crippen LogP contribution in [0.3, 0.4) is 0 Å². The van der Waals surface area contributed by atoms with Crippen molar-refractivity contribution in [2.45, 2.75) is 36.8 Å². The Morgan fingerprint density at radius 3 is 2.76 bits per heavy atom. The number of amides is 1. The molecule has 2 aliphatic rings. The molecule has 1 aromatic carbocycles. The summed E-state index contributed by atoms with van der Waals surface area (Å²) in [6.07, 6.45) is 4.27. The van der Waals surface area contributed by atoms with E-state index >= 15 is 0 Å². The Balaban J connectivity index is 1.29. The van der Waals surface area contributed by atoms with E-state index in [-0.39, 0.29) is 39.4 Å². The Hall–Kier alpha value is -3.81. The van der Waals surface area contributed by atoms with Crippen molar-refractivity contribution in [1.82, 2.24) is 23.8 Å². The normalized spacial score (nSPS) is 19.1. The van der Waals surface area contributed by atoms with Gasteiger partial charge in [-0.05, 0) is 31.5 Å². The second-order valence-electron chi connectivity index (χ2n) is 10.0. The minimum atomic E-state index is -4.03. The zero-order valence-electron chi connectivity index (χ0n) is 22.0. The molecule has 5 heterocycles. The first-order valence-corrected chi connectivity index (χ1v) is 14.8. The van der Waals surface area contributed by atoms with Crippen molar-refractivity contribution in [3.63, 3.8) is 0 Å². The Kier molecular flexibility index (Phi) is 7.26. The lowest BCUT2D eigenvalue weighted by molar-refractivity contribution is 0.0595. The molecule has 0 saturated carbocycles. The number of ether oxygens (including phenoxy) is 2. The van der Waals surface area contributed by atoms with Crippen molar-refractivity contribution in [2.24, 2.45) is 0 Å². The fraction of sp³-hybridized carbons (Fsp3) is 0.333. The number of carbonyl (C=O) groups is 1. The van der Waals surface area contributed by atoms with Gasteiger partial charge >= 0.3 is 6.09 Å². The number of halogens is 2. The molecular formula is C27H26ClFN6O5S.